The SMILES string of the molecule is COc1ccc2[nH]c(C)c(CC#N)c2c1. The van der Waals surface area contributed by atoms with Crippen molar-refractivity contribution in [3.8, 4) is 11.8 Å². The minimum atomic E-state index is 0.430. The molecule has 0 aliphatic rings. The Morgan fingerprint density at radius 2 is 2.27 bits per heavy atom. The summed E-state index contributed by atoms with van der Waals surface area (Å²) in [6, 6.07) is 8.03. The number of hydrogen-bond donors (Lipinski definition) is 1. The average molecular weight is 200 g/mol. The maximum absolute atomic E-state index is 8.75. The molecule has 1 heterocycles. The minimum absolute atomic E-state index is 0.430. The Kier molecular flexibility index (Phi) is 2.34. The number of aromatic amines is 1. The predicted octanol–water partition coefficient (Wildman–Crippen LogP) is 2.55. The molecule has 0 unspecified atom stereocenters. The van der Waals surface area contributed by atoms with Crippen LogP contribution in [0.5, 0.6) is 5.75 Å². The smallest absolute Gasteiger partial charge is 0.119 e. The van der Waals surface area contributed by atoms with Gasteiger partial charge in [0.15, 0.2) is 0 Å². The number of benzene rings is 1. The molecule has 3 nitrogen and oxygen atoms in total. The van der Waals surface area contributed by atoms with Gasteiger partial charge >= 0.3 is 0 Å². The monoisotopic (exact) mass is 200 g/mol. The molecule has 0 atom stereocenters. The highest BCUT2D eigenvalue weighted by molar-refractivity contribution is 5.86. The van der Waals surface area contributed by atoms with Crippen LogP contribution in [0.1, 0.15) is 11.3 Å². The largest absolute Gasteiger partial charge is 0.497 e. The van der Waals surface area contributed by atoms with Crippen molar-refractivity contribution in [3.63, 3.8) is 0 Å². The molecule has 0 bridgehead atoms. The summed E-state index contributed by atoms with van der Waals surface area (Å²) < 4.78 is 5.17. The first kappa shape index (κ1) is 9.60. The number of nitrogens with zero attached hydrogens (tertiary/aromatic N) is 1. The molecule has 0 amide bonds. The lowest BCUT2D eigenvalue weighted by molar-refractivity contribution is 0.415. The maximum atomic E-state index is 8.75. The van der Waals surface area contributed by atoms with E-state index in [0.717, 1.165) is 27.9 Å². The van der Waals surface area contributed by atoms with Gasteiger partial charge in [0, 0.05) is 16.6 Å². The molecule has 3 heteroatoms. The van der Waals surface area contributed by atoms with Crippen LogP contribution in [0.3, 0.4) is 0 Å². The van der Waals surface area contributed by atoms with Crippen molar-refractivity contribution in [2.24, 2.45) is 0 Å². The molecule has 15 heavy (non-hydrogen) atoms. The third-order valence-corrected chi connectivity index (χ3v) is 2.58. The highest BCUT2D eigenvalue weighted by atomic mass is 16.5. The molecular weight excluding hydrogens is 188 g/mol. The lowest BCUT2D eigenvalue weighted by atomic mass is 10.1. The topological polar surface area (TPSA) is 48.8 Å². The number of H-pyrrole nitrogens is 1. The molecule has 2 rings (SSSR count). The van der Waals surface area contributed by atoms with Crippen LogP contribution in [0.2, 0.25) is 0 Å². The lowest BCUT2D eigenvalue weighted by Gasteiger charge is -1.99. The van der Waals surface area contributed by atoms with E-state index in [9.17, 15) is 0 Å². The number of nitrogens with one attached hydrogen (secondary N) is 1. The van der Waals surface area contributed by atoms with Crippen LogP contribution in [0.15, 0.2) is 18.2 Å². The molecular formula is C12H12N2O. The Morgan fingerprint density at radius 3 is 2.93 bits per heavy atom. The predicted molar refractivity (Wildman–Crippen MR) is 58.9 cm³/mol. The van der Waals surface area contributed by atoms with Gasteiger partial charge in [-0.05, 0) is 30.7 Å². The average Bonchev–Trinajstić information content (AvgIpc) is 2.55. The zero-order valence-electron chi connectivity index (χ0n) is 8.79. The summed E-state index contributed by atoms with van der Waals surface area (Å²) >= 11 is 0. The normalized spacial score (nSPS) is 10.2. The quantitative estimate of drug-likeness (QED) is 0.809. The number of fused-ring (bicyclic) bond motifs is 1. The summed E-state index contributed by atoms with van der Waals surface area (Å²) in [6.07, 6.45) is 0.430. The number of aryl methyl sites for hydroxylation is 1. The van der Waals surface area contributed by atoms with Gasteiger partial charge in [0.05, 0.1) is 19.6 Å². The number of nitriles is 1. The van der Waals surface area contributed by atoms with Crippen LogP contribution >= 0.6 is 0 Å². The Hall–Kier alpha value is -1.95. The summed E-state index contributed by atoms with van der Waals surface area (Å²) in [7, 11) is 1.64. The van der Waals surface area contributed by atoms with Crippen LogP contribution in [-0.4, -0.2) is 12.1 Å². The van der Waals surface area contributed by atoms with Gasteiger partial charge in [-0.3, -0.25) is 0 Å². The molecule has 0 saturated heterocycles. The first-order chi connectivity index (χ1) is 7.26. The Bertz CT molecular complexity index is 534. The van der Waals surface area contributed by atoms with Gasteiger partial charge in [0.2, 0.25) is 0 Å². The number of hydrogen-bond acceptors (Lipinski definition) is 2. The third-order valence-electron chi connectivity index (χ3n) is 2.58. The molecule has 0 aliphatic carbocycles. The van der Waals surface area contributed by atoms with Gasteiger partial charge < -0.3 is 9.72 Å². The van der Waals surface area contributed by atoms with E-state index < -0.39 is 0 Å². The molecule has 0 saturated carbocycles. The summed E-state index contributed by atoms with van der Waals surface area (Å²) in [5.74, 6) is 0.820. The fourth-order valence-corrected chi connectivity index (χ4v) is 1.80. The molecule has 0 radical (unpaired) electrons. The van der Waals surface area contributed by atoms with Crippen LogP contribution in [-0.2, 0) is 6.42 Å². The van der Waals surface area contributed by atoms with E-state index in [1.165, 1.54) is 0 Å². The molecule has 1 N–H and O–H groups in total. The third kappa shape index (κ3) is 1.55. The first-order valence-corrected chi connectivity index (χ1v) is 4.78. The Balaban J connectivity index is 2.67. The van der Waals surface area contributed by atoms with E-state index in [1.807, 2.05) is 25.1 Å². The molecule has 0 fully saturated rings. The number of methoxy groups -OCH3 is 1. The molecule has 0 spiro atoms. The van der Waals surface area contributed by atoms with Crippen molar-refractivity contribution in [1.82, 2.24) is 4.98 Å². The van der Waals surface area contributed by atoms with E-state index in [0.29, 0.717) is 6.42 Å². The second kappa shape index (κ2) is 3.66. The highest BCUT2D eigenvalue weighted by Gasteiger charge is 2.08. The van der Waals surface area contributed by atoms with Crippen LogP contribution in [0.25, 0.3) is 10.9 Å². The van der Waals surface area contributed by atoms with Gasteiger partial charge in [-0.1, -0.05) is 0 Å². The van der Waals surface area contributed by atoms with Crippen molar-refractivity contribution in [3.05, 3.63) is 29.5 Å². The first-order valence-electron chi connectivity index (χ1n) is 4.78. The van der Waals surface area contributed by atoms with Crippen LogP contribution in [0.4, 0.5) is 0 Å². The van der Waals surface area contributed by atoms with Crippen molar-refractivity contribution < 1.29 is 4.74 Å². The van der Waals surface area contributed by atoms with E-state index in [2.05, 4.69) is 11.1 Å². The van der Waals surface area contributed by atoms with E-state index in [1.54, 1.807) is 7.11 Å². The van der Waals surface area contributed by atoms with E-state index >= 15 is 0 Å². The zero-order chi connectivity index (χ0) is 10.8. The van der Waals surface area contributed by atoms with Crippen molar-refractivity contribution in [2.75, 3.05) is 7.11 Å². The molecule has 1 aromatic carbocycles. The van der Waals surface area contributed by atoms with Gasteiger partial charge in [-0.25, -0.2) is 0 Å². The van der Waals surface area contributed by atoms with Gasteiger partial charge in [-0.2, -0.15) is 5.26 Å². The summed E-state index contributed by atoms with van der Waals surface area (Å²) in [5.41, 5.74) is 3.17. The Labute approximate surface area is 88.3 Å². The fraction of sp³-hybridized carbons (Fsp3) is 0.250. The summed E-state index contributed by atoms with van der Waals surface area (Å²) in [5, 5.41) is 9.83. The fourth-order valence-electron chi connectivity index (χ4n) is 1.80. The molecule has 0 aliphatic heterocycles. The summed E-state index contributed by atoms with van der Waals surface area (Å²) in [4.78, 5) is 3.26. The van der Waals surface area contributed by atoms with E-state index in [4.69, 9.17) is 10.00 Å². The highest BCUT2D eigenvalue weighted by Crippen LogP contribution is 2.26. The van der Waals surface area contributed by atoms with Crippen molar-refractivity contribution in [1.29, 1.82) is 5.26 Å². The Morgan fingerprint density at radius 1 is 1.47 bits per heavy atom. The van der Waals surface area contributed by atoms with Crippen molar-refractivity contribution >= 4 is 10.9 Å². The van der Waals surface area contributed by atoms with E-state index in [-0.39, 0.29) is 0 Å². The van der Waals surface area contributed by atoms with Gasteiger partial charge in [0.25, 0.3) is 0 Å². The number of ether oxygens (including phenoxy) is 1. The lowest BCUT2D eigenvalue weighted by Crippen LogP contribution is -1.84. The number of rotatable bonds is 2. The zero-order valence-corrected chi connectivity index (χ0v) is 8.79. The maximum Gasteiger partial charge on any atom is 0.119 e. The summed E-state index contributed by atoms with van der Waals surface area (Å²) in [6.45, 7) is 1.99. The number of aromatic nitrogens is 1. The van der Waals surface area contributed by atoms with Crippen LogP contribution < -0.4 is 4.74 Å². The minimum Gasteiger partial charge on any atom is -0.497 e. The van der Waals surface area contributed by atoms with Crippen LogP contribution in [0, 0.1) is 18.3 Å². The second-order valence-electron chi connectivity index (χ2n) is 3.47. The van der Waals surface area contributed by atoms with Gasteiger partial charge in [-0.15, -0.1) is 0 Å². The molecule has 76 valence electrons. The van der Waals surface area contributed by atoms with Crippen molar-refractivity contribution in [2.45, 2.75) is 13.3 Å². The standard InChI is InChI=1S/C12H12N2O/c1-8-10(5-6-13)11-7-9(15-2)3-4-12(11)14-8/h3-4,7,14H,5H2,1-2H3. The second-order valence-corrected chi connectivity index (χ2v) is 3.47. The molecule has 2 aromatic rings. The van der Waals surface area contributed by atoms with Gasteiger partial charge in [0.1, 0.15) is 5.75 Å². The molecule has 1 aromatic heterocycles.